The van der Waals surface area contributed by atoms with Crippen LogP contribution in [0.4, 0.5) is 34.1 Å². The molecule has 0 atom stereocenters. The Morgan fingerprint density at radius 1 is 0.159 bits per heavy atom. The van der Waals surface area contributed by atoms with Crippen LogP contribution >= 0.6 is 0 Å². The van der Waals surface area contributed by atoms with E-state index in [1.165, 1.54) is 77.2 Å². The summed E-state index contributed by atoms with van der Waals surface area (Å²) in [4.78, 5) is 4.74. The second-order valence-corrected chi connectivity index (χ2v) is 27.5. The van der Waals surface area contributed by atoms with Gasteiger partial charge in [-0.1, -0.05) is 328 Å². The highest BCUT2D eigenvalue weighted by molar-refractivity contribution is 6.11. The number of benzene rings is 18. The predicted octanol–water partition coefficient (Wildman–Crippen LogP) is 29.5. The molecule has 0 bridgehead atoms. The number of anilines is 6. The van der Waals surface area contributed by atoms with Crippen molar-refractivity contribution in [3.8, 4) is 111 Å². The van der Waals surface area contributed by atoms with Gasteiger partial charge in [0.05, 0.1) is 5.69 Å². The first-order valence-corrected chi connectivity index (χ1v) is 36.7. The Morgan fingerprint density at radius 3 is 1.05 bits per heavy atom. The lowest BCUT2D eigenvalue weighted by atomic mass is 9.89. The molecular weight excluding hydrogens is 1290 g/mol. The maximum atomic E-state index is 6.92. The van der Waals surface area contributed by atoms with Crippen molar-refractivity contribution in [3.63, 3.8) is 0 Å². The second kappa shape index (κ2) is 27.9. The van der Waals surface area contributed by atoms with Crippen LogP contribution in [-0.2, 0) is 0 Å². The normalized spacial score (nSPS) is 11.4. The van der Waals surface area contributed by atoms with Gasteiger partial charge in [-0.15, -0.1) is 0 Å². The molecular formula is C104H70N2O. The van der Waals surface area contributed by atoms with Crippen LogP contribution in [0.1, 0.15) is 0 Å². The molecule has 0 unspecified atom stereocenters. The number of hydrogen-bond acceptors (Lipinski definition) is 3. The largest absolute Gasteiger partial charge is 0.455 e. The number of nitrogens with zero attached hydrogens (tertiary/aromatic N) is 2. The van der Waals surface area contributed by atoms with Gasteiger partial charge in [-0.3, -0.25) is 0 Å². The van der Waals surface area contributed by atoms with E-state index in [0.717, 1.165) is 112 Å². The van der Waals surface area contributed by atoms with Crippen molar-refractivity contribution in [2.45, 2.75) is 0 Å². The third kappa shape index (κ3) is 12.4. The monoisotopic (exact) mass is 1360 g/mol. The van der Waals surface area contributed by atoms with Crippen LogP contribution in [0.3, 0.4) is 0 Å². The van der Waals surface area contributed by atoms with Crippen LogP contribution in [0.25, 0.3) is 155 Å². The van der Waals surface area contributed by atoms with Crippen molar-refractivity contribution in [1.82, 2.24) is 0 Å². The number of hydrogen-bond donors (Lipinski definition) is 0. The van der Waals surface area contributed by atoms with Gasteiger partial charge in [0.2, 0.25) is 0 Å². The molecule has 3 nitrogen and oxygen atoms in total. The van der Waals surface area contributed by atoms with Crippen LogP contribution < -0.4 is 9.80 Å². The Kier molecular flexibility index (Phi) is 16.6. The highest BCUT2D eigenvalue weighted by atomic mass is 16.3. The van der Waals surface area contributed by atoms with E-state index in [0.29, 0.717) is 0 Å². The smallest absolute Gasteiger partial charge is 0.143 e. The van der Waals surface area contributed by atoms with Gasteiger partial charge < -0.3 is 14.2 Å². The first-order chi connectivity index (χ1) is 53.0. The topological polar surface area (TPSA) is 19.6 Å². The third-order valence-corrected chi connectivity index (χ3v) is 21.1. The van der Waals surface area contributed by atoms with Crippen molar-refractivity contribution < 1.29 is 4.42 Å². The van der Waals surface area contributed by atoms with E-state index in [2.05, 4.69) is 434 Å². The fourth-order valence-electron chi connectivity index (χ4n) is 15.7. The lowest BCUT2D eigenvalue weighted by Gasteiger charge is -2.27. The first kappa shape index (κ1) is 63.8. The van der Waals surface area contributed by atoms with Crippen LogP contribution in [0.2, 0.25) is 0 Å². The van der Waals surface area contributed by atoms with Crippen LogP contribution in [0.15, 0.2) is 429 Å². The summed E-state index contributed by atoms with van der Waals surface area (Å²) in [6.45, 7) is 0. The van der Waals surface area contributed by atoms with Crippen LogP contribution in [0.5, 0.6) is 0 Å². The molecule has 0 radical (unpaired) electrons. The minimum absolute atomic E-state index is 0.848. The quantitative estimate of drug-likeness (QED) is 0.0961. The van der Waals surface area contributed by atoms with Gasteiger partial charge in [-0.05, 0) is 219 Å². The number of fused-ring (bicyclic) bond motifs is 5. The molecule has 0 saturated heterocycles. The van der Waals surface area contributed by atoms with E-state index >= 15 is 0 Å². The van der Waals surface area contributed by atoms with Crippen molar-refractivity contribution in [1.29, 1.82) is 0 Å². The number of rotatable bonds is 16. The maximum absolute atomic E-state index is 6.92. The fraction of sp³-hybridized carbons (Fsp3) is 0. The summed E-state index contributed by atoms with van der Waals surface area (Å²) in [5.41, 5.74) is 31.3. The summed E-state index contributed by atoms with van der Waals surface area (Å²) in [5.74, 6) is 0. The highest BCUT2D eigenvalue weighted by Crippen LogP contribution is 2.46. The molecule has 0 N–H and O–H groups in total. The molecule has 0 fully saturated rings. The molecule has 107 heavy (non-hydrogen) atoms. The van der Waals surface area contributed by atoms with Gasteiger partial charge in [-0.25, -0.2) is 0 Å². The Morgan fingerprint density at radius 2 is 0.486 bits per heavy atom. The number of furan rings is 1. The van der Waals surface area contributed by atoms with Crippen LogP contribution in [0, 0.1) is 0 Å². The zero-order chi connectivity index (χ0) is 71.0. The molecule has 0 spiro atoms. The average molecular weight is 1360 g/mol. The minimum atomic E-state index is 0.848. The molecule has 19 rings (SSSR count). The van der Waals surface area contributed by atoms with E-state index in [4.69, 9.17) is 4.42 Å². The lowest BCUT2D eigenvalue weighted by Crippen LogP contribution is -2.10. The SMILES string of the molecule is c1ccc(-c2ccc(N(c3ccc(-c4ccc(-c5ccccc5)c(-c5ccccc5)c4)cc3)c3ccc(-c4cccc5c4oc4ccc(-c6cccc(-c7cc(-c8ccc(N(c9ccc(-c%10cccc%11ccccc%10%11)cc9)c9cccc%10ccccc9%10)cc8)ccc7-c7ccccc7)c6)cc45)cc3)cc2)cc1. The van der Waals surface area contributed by atoms with E-state index in [9.17, 15) is 0 Å². The minimum Gasteiger partial charge on any atom is -0.455 e. The molecule has 0 amide bonds. The van der Waals surface area contributed by atoms with Crippen molar-refractivity contribution in [2.75, 3.05) is 9.80 Å². The molecule has 1 heterocycles. The molecule has 18 aromatic carbocycles. The zero-order valence-corrected chi connectivity index (χ0v) is 58.7. The van der Waals surface area contributed by atoms with Crippen molar-refractivity contribution in [3.05, 3.63) is 425 Å². The predicted molar refractivity (Wildman–Crippen MR) is 452 cm³/mol. The third-order valence-electron chi connectivity index (χ3n) is 21.1. The Hall–Kier alpha value is -14.1. The van der Waals surface area contributed by atoms with Gasteiger partial charge >= 0.3 is 0 Å². The Balaban J connectivity index is 0.631. The summed E-state index contributed by atoms with van der Waals surface area (Å²) in [6, 6.07) is 154. The fourth-order valence-corrected chi connectivity index (χ4v) is 15.7. The maximum Gasteiger partial charge on any atom is 0.143 e. The molecule has 0 aliphatic heterocycles. The summed E-state index contributed by atoms with van der Waals surface area (Å²) in [6.07, 6.45) is 0. The van der Waals surface area contributed by atoms with E-state index in [-0.39, 0.29) is 0 Å². The Labute approximate surface area is 623 Å². The average Bonchev–Trinajstić information content (AvgIpc) is 1.72. The van der Waals surface area contributed by atoms with Crippen LogP contribution in [-0.4, -0.2) is 0 Å². The van der Waals surface area contributed by atoms with Gasteiger partial charge in [0.25, 0.3) is 0 Å². The summed E-state index contributed by atoms with van der Waals surface area (Å²) in [5, 5.41) is 7.02. The van der Waals surface area contributed by atoms with E-state index in [1.807, 2.05) is 0 Å². The standard InChI is InChI=1S/C104H70N2O/c1-5-21-71(22-6-1)72-41-54-87(55-42-72)105(88-56-43-73(44-57-88)83-51-64-94(75-23-7-2-8-24-75)99(68-83)79-27-11-4-12-28-79)89-60-49-81(50-61-89)97-38-20-39-98-101-70-85(53-66-103(101)107-104(97)98)82-33-17-34-86(67-82)100-69-84(52-65-95(100)76-25-9-3-10-26-76)74-45-58-90(59-46-74)106(102-40-19-32-78-30-14-16-36-96(78)102)91-62-47-80(48-63-91)93-37-18-31-77-29-13-15-35-92(77)93/h1-70H. The van der Waals surface area contributed by atoms with E-state index in [1.54, 1.807) is 0 Å². The molecule has 0 aliphatic rings. The second-order valence-electron chi connectivity index (χ2n) is 27.5. The molecule has 3 heteroatoms. The molecule has 0 saturated carbocycles. The van der Waals surface area contributed by atoms with Crippen molar-refractivity contribution in [2.24, 2.45) is 0 Å². The summed E-state index contributed by atoms with van der Waals surface area (Å²) < 4.78 is 6.92. The van der Waals surface area contributed by atoms with E-state index < -0.39 is 0 Å². The molecule has 1 aromatic heterocycles. The lowest BCUT2D eigenvalue weighted by molar-refractivity contribution is 0.670. The first-order valence-electron chi connectivity index (χ1n) is 36.7. The van der Waals surface area contributed by atoms with Gasteiger partial charge in [-0.2, -0.15) is 0 Å². The van der Waals surface area contributed by atoms with Crippen molar-refractivity contribution >= 4 is 77.6 Å². The van der Waals surface area contributed by atoms with Gasteiger partial charge in [0.1, 0.15) is 11.2 Å². The van der Waals surface area contributed by atoms with Gasteiger partial charge in [0.15, 0.2) is 0 Å². The molecule has 502 valence electrons. The summed E-state index contributed by atoms with van der Waals surface area (Å²) in [7, 11) is 0. The number of para-hydroxylation sites is 1. The highest BCUT2D eigenvalue weighted by Gasteiger charge is 2.21. The zero-order valence-electron chi connectivity index (χ0n) is 58.7. The molecule has 19 aromatic rings. The summed E-state index contributed by atoms with van der Waals surface area (Å²) >= 11 is 0. The van der Waals surface area contributed by atoms with Gasteiger partial charge in [0, 0.05) is 50.2 Å². The Bertz CT molecular complexity index is 6420. The molecule has 0 aliphatic carbocycles.